The van der Waals surface area contributed by atoms with Crippen LogP contribution in [0.2, 0.25) is 0 Å². The monoisotopic (exact) mass is 280 g/mol. The molecule has 7 heteroatoms. The van der Waals surface area contributed by atoms with Gasteiger partial charge in [0.05, 0.1) is 12.2 Å². The second-order valence-electron chi connectivity index (χ2n) is 3.97. The highest BCUT2D eigenvalue weighted by Gasteiger charge is 2.34. The summed E-state index contributed by atoms with van der Waals surface area (Å²) >= 11 is 0. The Labute approximate surface area is 108 Å². The summed E-state index contributed by atoms with van der Waals surface area (Å²) in [5, 5.41) is 2.94. The number of halogens is 4. The van der Waals surface area contributed by atoms with Gasteiger partial charge in [-0.1, -0.05) is 6.07 Å². The van der Waals surface area contributed by atoms with E-state index in [-0.39, 0.29) is 6.54 Å². The van der Waals surface area contributed by atoms with Gasteiger partial charge in [0.2, 0.25) is 0 Å². The molecule has 3 nitrogen and oxygen atoms in total. The van der Waals surface area contributed by atoms with E-state index >= 15 is 0 Å². The van der Waals surface area contributed by atoms with E-state index in [1.165, 1.54) is 13.2 Å². The van der Waals surface area contributed by atoms with Crippen molar-refractivity contribution in [1.29, 1.82) is 0 Å². The van der Waals surface area contributed by atoms with E-state index in [9.17, 15) is 17.6 Å². The first-order chi connectivity index (χ1) is 8.90. The minimum atomic E-state index is -4.72. The van der Waals surface area contributed by atoms with Gasteiger partial charge in [0.15, 0.2) is 0 Å². The smallest absolute Gasteiger partial charge is 0.383 e. The second-order valence-corrected chi connectivity index (χ2v) is 3.97. The van der Waals surface area contributed by atoms with Gasteiger partial charge in [0.25, 0.3) is 0 Å². The van der Waals surface area contributed by atoms with Crippen LogP contribution in [0.4, 0.5) is 17.6 Å². The average molecular weight is 280 g/mol. The van der Waals surface area contributed by atoms with Gasteiger partial charge in [-0.2, -0.15) is 13.2 Å². The molecule has 0 fully saturated rings. The number of nitrogens with one attached hydrogen (secondary N) is 1. The average Bonchev–Trinajstić information content (AvgIpc) is 2.34. The molecule has 1 unspecified atom stereocenters. The molecule has 0 bridgehead atoms. The SMILES string of the molecule is COCCNC(CN)c1ccc(F)c(C(F)(F)F)c1. The summed E-state index contributed by atoms with van der Waals surface area (Å²) in [7, 11) is 1.51. The Hall–Kier alpha value is -1.18. The highest BCUT2D eigenvalue weighted by molar-refractivity contribution is 5.29. The van der Waals surface area contributed by atoms with Gasteiger partial charge in [-0.25, -0.2) is 4.39 Å². The minimum absolute atomic E-state index is 0.104. The lowest BCUT2D eigenvalue weighted by molar-refractivity contribution is -0.140. The maximum atomic E-state index is 13.1. The van der Waals surface area contributed by atoms with E-state index in [0.29, 0.717) is 18.7 Å². The molecule has 1 atom stereocenters. The first kappa shape index (κ1) is 15.9. The van der Waals surface area contributed by atoms with E-state index < -0.39 is 23.6 Å². The largest absolute Gasteiger partial charge is 0.419 e. The Morgan fingerprint density at radius 3 is 2.58 bits per heavy atom. The van der Waals surface area contributed by atoms with Crippen molar-refractivity contribution in [3.8, 4) is 0 Å². The van der Waals surface area contributed by atoms with E-state index in [0.717, 1.165) is 12.1 Å². The zero-order chi connectivity index (χ0) is 14.5. The van der Waals surface area contributed by atoms with Crippen molar-refractivity contribution in [1.82, 2.24) is 5.32 Å². The fourth-order valence-corrected chi connectivity index (χ4v) is 1.65. The Kier molecular flexibility index (Phi) is 5.71. The van der Waals surface area contributed by atoms with E-state index in [2.05, 4.69) is 5.32 Å². The zero-order valence-corrected chi connectivity index (χ0v) is 10.4. The Balaban J connectivity index is 2.93. The number of alkyl halides is 3. The number of benzene rings is 1. The van der Waals surface area contributed by atoms with Crippen LogP contribution < -0.4 is 11.1 Å². The van der Waals surface area contributed by atoms with Crippen LogP contribution in [0, 0.1) is 5.82 Å². The van der Waals surface area contributed by atoms with Gasteiger partial charge >= 0.3 is 6.18 Å². The molecule has 108 valence electrons. The van der Waals surface area contributed by atoms with E-state index in [1.54, 1.807) is 0 Å². The number of hydrogen-bond acceptors (Lipinski definition) is 3. The van der Waals surface area contributed by atoms with E-state index in [4.69, 9.17) is 10.5 Å². The van der Waals surface area contributed by atoms with Gasteiger partial charge in [0, 0.05) is 26.2 Å². The number of methoxy groups -OCH3 is 1. The molecule has 3 N–H and O–H groups in total. The summed E-state index contributed by atoms with van der Waals surface area (Å²) in [5.74, 6) is -1.29. The second kappa shape index (κ2) is 6.83. The van der Waals surface area contributed by atoms with Crippen LogP contribution in [0.1, 0.15) is 17.2 Å². The Morgan fingerprint density at radius 2 is 2.05 bits per heavy atom. The van der Waals surface area contributed by atoms with Crippen molar-refractivity contribution < 1.29 is 22.3 Å². The Morgan fingerprint density at radius 1 is 1.37 bits per heavy atom. The molecule has 0 saturated heterocycles. The van der Waals surface area contributed by atoms with Gasteiger partial charge in [0.1, 0.15) is 5.82 Å². The zero-order valence-electron chi connectivity index (χ0n) is 10.4. The molecule has 1 aromatic carbocycles. The van der Waals surface area contributed by atoms with Crippen LogP contribution in [0.3, 0.4) is 0 Å². The number of nitrogens with two attached hydrogens (primary N) is 1. The van der Waals surface area contributed by atoms with Crippen LogP contribution in [0.25, 0.3) is 0 Å². The molecule has 1 aromatic rings. The lowest BCUT2D eigenvalue weighted by Crippen LogP contribution is -2.31. The summed E-state index contributed by atoms with van der Waals surface area (Å²) in [4.78, 5) is 0. The number of ether oxygens (including phenoxy) is 1. The Bertz CT molecular complexity index is 409. The van der Waals surface area contributed by atoms with Crippen LogP contribution >= 0.6 is 0 Å². The predicted octanol–water partition coefficient (Wildman–Crippen LogP) is 2.08. The molecule has 0 saturated carbocycles. The standard InChI is InChI=1S/C12H16F4N2O/c1-19-5-4-18-11(7-17)8-2-3-10(13)9(6-8)12(14,15)16/h2-3,6,11,18H,4-5,7,17H2,1H3. The summed E-state index contributed by atoms with van der Waals surface area (Å²) < 4.78 is 55.7. The van der Waals surface area contributed by atoms with Crippen molar-refractivity contribution in [2.45, 2.75) is 12.2 Å². The van der Waals surface area contributed by atoms with Gasteiger partial charge in [-0.15, -0.1) is 0 Å². The first-order valence-corrected chi connectivity index (χ1v) is 5.69. The minimum Gasteiger partial charge on any atom is -0.383 e. The maximum absolute atomic E-state index is 13.1. The molecule has 0 aliphatic carbocycles. The third-order valence-corrected chi connectivity index (χ3v) is 2.63. The quantitative estimate of drug-likeness (QED) is 0.619. The van der Waals surface area contributed by atoms with E-state index in [1.807, 2.05) is 0 Å². The topological polar surface area (TPSA) is 47.3 Å². The summed E-state index contributed by atoms with van der Waals surface area (Å²) in [6.07, 6.45) is -4.72. The van der Waals surface area contributed by atoms with Crippen LogP contribution in [0.15, 0.2) is 18.2 Å². The van der Waals surface area contributed by atoms with Crippen LogP contribution in [0.5, 0.6) is 0 Å². The predicted molar refractivity (Wildman–Crippen MR) is 63.1 cm³/mol. The van der Waals surface area contributed by atoms with Crippen molar-refractivity contribution in [2.24, 2.45) is 5.73 Å². The molecule has 0 aromatic heterocycles. The third kappa shape index (κ3) is 4.45. The number of hydrogen-bond donors (Lipinski definition) is 2. The van der Waals surface area contributed by atoms with Gasteiger partial charge in [-0.05, 0) is 17.7 Å². The van der Waals surface area contributed by atoms with Crippen molar-refractivity contribution in [3.63, 3.8) is 0 Å². The molecule has 1 rings (SSSR count). The molecular weight excluding hydrogens is 264 g/mol. The summed E-state index contributed by atoms with van der Waals surface area (Å²) in [6.45, 7) is 0.952. The van der Waals surface area contributed by atoms with Crippen molar-refractivity contribution in [2.75, 3.05) is 26.8 Å². The maximum Gasteiger partial charge on any atom is 0.419 e. The fraction of sp³-hybridized carbons (Fsp3) is 0.500. The first-order valence-electron chi connectivity index (χ1n) is 5.69. The molecule has 0 aliphatic rings. The van der Waals surface area contributed by atoms with Crippen molar-refractivity contribution in [3.05, 3.63) is 35.1 Å². The lowest BCUT2D eigenvalue weighted by Gasteiger charge is -2.19. The summed E-state index contributed by atoms with van der Waals surface area (Å²) in [6, 6.07) is 2.41. The third-order valence-electron chi connectivity index (χ3n) is 2.63. The highest BCUT2D eigenvalue weighted by atomic mass is 19.4. The molecule has 0 amide bonds. The molecule has 0 aliphatic heterocycles. The lowest BCUT2D eigenvalue weighted by atomic mass is 10.0. The molecular formula is C12H16F4N2O. The molecule has 0 spiro atoms. The fourth-order valence-electron chi connectivity index (χ4n) is 1.65. The molecule has 0 heterocycles. The van der Waals surface area contributed by atoms with Crippen LogP contribution in [-0.4, -0.2) is 26.8 Å². The summed E-state index contributed by atoms with van der Waals surface area (Å²) in [5.41, 5.74) is 4.52. The number of rotatable bonds is 6. The van der Waals surface area contributed by atoms with Gasteiger partial charge < -0.3 is 15.8 Å². The molecule has 0 radical (unpaired) electrons. The van der Waals surface area contributed by atoms with Crippen LogP contribution in [-0.2, 0) is 10.9 Å². The highest BCUT2D eigenvalue weighted by Crippen LogP contribution is 2.32. The normalized spacial score (nSPS) is 13.6. The van der Waals surface area contributed by atoms with Crippen molar-refractivity contribution >= 4 is 0 Å². The molecule has 19 heavy (non-hydrogen) atoms. The van der Waals surface area contributed by atoms with Gasteiger partial charge in [-0.3, -0.25) is 0 Å².